The highest BCUT2D eigenvalue weighted by molar-refractivity contribution is 8.00. The van der Waals surface area contributed by atoms with E-state index in [-0.39, 0.29) is 23.5 Å². The van der Waals surface area contributed by atoms with Crippen molar-refractivity contribution in [1.29, 1.82) is 0 Å². The molecule has 0 heterocycles. The number of amides is 2. The highest BCUT2D eigenvalue weighted by Crippen LogP contribution is 2.24. The molecule has 0 aliphatic heterocycles. The number of hydrogen-bond donors (Lipinski definition) is 2. The number of thioether (sulfide) groups is 1. The Morgan fingerprint density at radius 1 is 0.914 bits per heavy atom. The highest BCUT2D eigenvalue weighted by Gasteiger charge is 2.18. The summed E-state index contributed by atoms with van der Waals surface area (Å²) in [6.07, 6.45) is 8.03. The first kappa shape index (κ1) is 26.5. The van der Waals surface area contributed by atoms with Crippen LogP contribution in [0.4, 0.5) is 5.69 Å². The van der Waals surface area contributed by atoms with Crippen LogP contribution in [0.1, 0.15) is 72.6 Å². The van der Waals surface area contributed by atoms with Gasteiger partial charge in [0.1, 0.15) is 0 Å². The van der Waals surface area contributed by atoms with E-state index in [1.54, 1.807) is 48.5 Å². The van der Waals surface area contributed by atoms with Crippen LogP contribution in [0.2, 0.25) is 0 Å². The van der Waals surface area contributed by atoms with Crippen molar-refractivity contribution in [2.24, 2.45) is 0 Å². The largest absolute Gasteiger partial charge is 0.452 e. The van der Waals surface area contributed by atoms with Crippen LogP contribution in [0.3, 0.4) is 0 Å². The monoisotopic (exact) mass is 496 g/mol. The molecule has 1 saturated carbocycles. The van der Waals surface area contributed by atoms with E-state index >= 15 is 0 Å². The maximum Gasteiger partial charge on any atom is 0.339 e. The third-order valence-electron chi connectivity index (χ3n) is 5.82. The first-order valence-corrected chi connectivity index (χ1v) is 13.0. The summed E-state index contributed by atoms with van der Waals surface area (Å²) in [7, 11) is 0. The fourth-order valence-electron chi connectivity index (χ4n) is 4.00. The Bertz CT molecular complexity index is 1050. The third-order valence-corrected chi connectivity index (χ3v) is 6.90. The summed E-state index contributed by atoms with van der Waals surface area (Å²) in [4.78, 5) is 49.5. The third kappa shape index (κ3) is 8.87. The molecule has 0 aromatic heterocycles. The Kier molecular flexibility index (Phi) is 10.3. The molecule has 0 radical (unpaired) electrons. The fourth-order valence-corrected chi connectivity index (χ4v) is 4.85. The summed E-state index contributed by atoms with van der Waals surface area (Å²) in [6, 6.07) is 13.6. The number of benzene rings is 2. The van der Waals surface area contributed by atoms with Crippen LogP contribution in [-0.4, -0.2) is 42.0 Å². The molecule has 2 aromatic carbocycles. The number of ether oxygens (including phenoxy) is 1. The van der Waals surface area contributed by atoms with Crippen LogP contribution in [0, 0.1) is 0 Å². The molecule has 0 unspecified atom stereocenters. The Morgan fingerprint density at radius 3 is 2.37 bits per heavy atom. The molecule has 7 nitrogen and oxygen atoms in total. The van der Waals surface area contributed by atoms with Crippen molar-refractivity contribution in [1.82, 2.24) is 5.32 Å². The van der Waals surface area contributed by atoms with Gasteiger partial charge in [-0.2, -0.15) is 0 Å². The van der Waals surface area contributed by atoms with Crippen LogP contribution in [0.25, 0.3) is 0 Å². The van der Waals surface area contributed by atoms with Gasteiger partial charge in [-0.05, 0) is 44.0 Å². The summed E-state index contributed by atoms with van der Waals surface area (Å²) in [6.45, 7) is 0.977. The Hall–Kier alpha value is -3.13. The van der Waals surface area contributed by atoms with Crippen LogP contribution in [0.5, 0.6) is 0 Å². The standard InChI is InChI=1S/C27H32N2O5S/c1-19(30)20-10-9-13-22(16-20)29-25(31)17-34-27(33)23-14-7-8-15-24(23)35-18-26(32)28-21-11-5-3-2-4-6-12-21/h7-10,13-16,21H,2-6,11-12,17-18H2,1H3,(H,28,32)(H,29,31). The molecule has 1 fully saturated rings. The van der Waals surface area contributed by atoms with E-state index in [1.165, 1.54) is 37.9 Å². The zero-order chi connectivity index (χ0) is 25.0. The number of anilines is 1. The number of carbonyl (C=O) groups excluding carboxylic acids is 4. The van der Waals surface area contributed by atoms with Crippen molar-refractivity contribution >= 4 is 41.0 Å². The molecule has 1 aliphatic rings. The van der Waals surface area contributed by atoms with Gasteiger partial charge in [0.15, 0.2) is 12.4 Å². The van der Waals surface area contributed by atoms with Crippen molar-refractivity contribution in [2.75, 3.05) is 17.7 Å². The Balaban J connectivity index is 1.49. The second-order valence-corrected chi connectivity index (χ2v) is 9.67. The first-order chi connectivity index (χ1) is 16.9. The molecule has 0 saturated heterocycles. The zero-order valence-electron chi connectivity index (χ0n) is 20.0. The van der Waals surface area contributed by atoms with Gasteiger partial charge in [0.05, 0.1) is 11.3 Å². The number of nitrogens with one attached hydrogen (secondary N) is 2. The normalized spacial score (nSPS) is 14.3. The Morgan fingerprint density at radius 2 is 1.63 bits per heavy atom. The lowest BCUT2D eigenvalue weighted by molar-refractivity contribution is -0.120. The summed E-state index contributed by atoms with van der Waals surface area (Å²) < 4.78 is 5.20. The molecule has 0 bridgehead atoms. The lowest BCUT2D eigenvalue weighted by Crippen LogP contribution is -2.36. The molecule has 35 heavy (non-hydrogen) atoms. The SMILES string of the molecule is CC(=O)c1cccc(NC(=O)COC(=O)c2ccccc2SCC(=O)NC2CCCCCCC2)c1. The number of carbonyl (C=O) groups is 4. The second-order valence-electron chi connectivity index (χ2n) is 8.66. The second kappa shape index (κ2) is 13.7. The summed E-state index contributed by atoms with van der Waals surface area (Å²) >= 11 is 1.28. The van der Waals surface area contributed by atoms with E-state index in [4.69, 9.17) is 4.74 Å². The molecule has 8 heteroatoms. The zero-order valence-corrected chi connectivity index (χ0v) is 20.8. The van der Waals surface area contributed by atoms with Gasteiger partial charge in [-0.1, -0.05) is 56.4 Å². The number of rotatable bonds is 9. The maximum absolute atomic E-state index is 12.6. The molecule has 0 atom stereocenters. The number of hydrogen-bond acceptors (Lipinski definition) is 6. The average Bonchev–Trinajstić information content (AvgIpc) is 2.83. The van der Waals surface area contributed by atoms with Crippen molar-refractivity contribution < 1.29 is 23.9 Å². The van der Waals surface area contributed by atoms with E-state index in [1.807, 2.05) is 0 Å². The van der Waals surface area contributed by atoms with Crippen molar-refractivity contribution in [3.05, 3.63) is 59.7 Å². The minimum atomic E-state index is -0.638. The molecule has 2 amide bonds. The van der Waals surface area contributed by atoms with E-state index < -0.39 is 18.5 Å². The van der Waals surface area contributed by atoms with Gasteiger partial charge >= 0.3 is 5.97 Å². The summed E-state index contributed by atoms with van der Waals surface area (Å²) in [5.74, 6) is -1.10. The first-order valence-electron chi connectivity index (χ1n) is 12.0. The van der Waals surface area contributed by atoms with Gasteiger partial charge in [0.2, 0.25) is 5.91 Å². The maximum atomic E-state index is 12.6. The molecule has 186 valence electrons. The van der Waals surface area contributed by atoms with E-state index in [0.29, 0.717) is 21.7 Å². The lowest BCUT2D eigenvalue weighted by atomic mass is 9.97. The van der Waals surface area contributed by atoms with E-state index in [0.717, 1.165) is 25.7 Å². The number of ketones is 1. The van der Waals surface area contributed by atoms with E-state index in [9.17, 15) is 19.2 Å². The van der Waals surface area contributed by atoms with Gasteiger partial charge in [0, 0.05) is 22.2 Å². The quantitative estimate of drug-likeness (QED) is 0.288. The molecular formula is C27H32N2O5S. The molecular weight excluding hydrogens is 464 g/mol. The fraction of sp³-hybridized carbons (Fsp3) is 0.407. The smallest absolute Gasteiger partial charge is 0.339 e. The topological polar surface area (TPSA) is 102 Å². The van der Waals surface area contributed by atoms with Gasteiger partial charge in [-0.3, -0.25) is 14.4 Å². The number of esters is 1. The summed E-state index contributed by atoms with van der Waals surface area (Å²) in [5, 5.41) is 5.75. The van der Waals surface area contributed by atoms with Crippen LogP contribution in [-0.2, 0) is 14.3 Å². The summed E-state index contributed by atoms with van der Waals surface area (Å²) in [5.41, 5.74) is 1.23. The highest BCUT2D eigenvalue weighted by atomic mass is 32.2. The minimum absolute atomic E-state index is 0.0455. The molecule has 0 spiro atoms. The van der Waals surface area contributed by atoms with Gasteiger partial charge in [0.25, 0.3) is 5.91 Å². The van der Waals surface area contributed by atoms with E-state index in [2.05, 4.69) is 10.6 Å². The molecule has 3 rings (SSSR count). The molecule has 2 aromatic rings. The Labute approximate surface area is 210 Å². The predicted octanol–water partition coefficient (Wildman–Crippen LogP) is 5.01. The average molecular weight is 497 g/mol. The van der Waals surface area contributed by atoms with Crippen molar-refractivity contribution in [3.8, 4) is 0 Å². The molecule has 2 N–H and O–H groups in total. The van der Waals surface area contributed by atoms with Gasteiger partial charge in [-0.25, -0.2) is 4.79 Å². The van der Waals surface area contributed by atoms with Gasteiger partial charge in [-0.15, -0.1) is 11.8 Å². The van der Waals surface area contributed by atoms with Crippen molar-refractivity contribution in [2.45, 2.75) is 62.8 Å². The van der Waals surface area contributed by atoms with Gasteiger partial charge < -0.3 is 15.4 Å². The number of Topliss-reactive ketones (excluding diaryl/α,β-unsaturated/α-hetero) is 1. The molecule has 1 aliphatic carbocycles. The predicted molar refractivity (Wildman–Crippen MR) is 137 cm³/mol. The van der Waals surface area contributed by atoms with Crippen LogP contribution < -0.4 is 10.6 Å². The van der Waals surface area contributed by atoms with Crippen LogP contribution in [0.15, 0.2) is 53.4 Å². The minimum Gasteiger partial charge on any atom is -0.452 e. The lowest BCUT2D eigenvalue weighted by Gasteiger charge is -2.21. The van der Waals surface area contributed by atoms with Crippen molar-refractivity contribution in [3.63, 3.8) is 0 Å². The van der Waals surface area contributed by atoms with Crippen LogP contribution >= 0.6 is 11.8 Å².